The van der Waals surface area contributed by atoms with Crippen molar-refractivity contribution in [1.82, 2.24) is 4.98 Å². The summed E-state index contributed by atoms with van der Waals surface area (Å²) in [4.78, 5) is 20.9. The number of carbonyl (C=O) groups excluding carboxylic acids is 1. The smallest absolute Gasteiger partial charge is 0.274 e. The lowest BCUT2D eigenvalue weighted by Gasteiger charge is -2.41. The molecule has 3 N–H and O–H groups in total. The summed E-state index contributed by atoms with van der Waals surface area (Å²) in [6.45, 7) is 2.65. The van der Waals surface area contributed by atoms with E-state index in [0.29, 0.717) is 5.02 Å². The van der Waals surface area contributed by atoms with Gasteiger partial charge in [-0.1, -0.05) is 11.6 Å². The van der Waals surface area contributed by atoms with Crippen LogP contribution in [0, 0.1) is 5.82 Å². The van der Waals surface area contributed by atoms with Gasteiger partial charge in [0.2, 0.25) is 0 Å². The lowest BCUT2D eigenvalue weighted by Crippen LogP contribution is -2.60. The van der Waals surface area contributed by atoms with Crippen LogP contribution in [0.5, 0.6) is 0 Å². The van der Waals surface area contributed by atoms with E-state index >= 15 is 0 Å². The number of nitrogens with one attached hydrogen (secondary N) is 1. The van der Waals surface area contributed by atoms with Crippen LogP contribution in [-0.2, 0) is 20.1 Å². The molecule has 8 nitrogen and oxygen atoms in total. The van der Waals surface area contributed by atoms with Gasteiger partial charge in [-0.3, -0.25) is 9.79 Å². The maximum Gasteiger partial charge on any atom is 0.274 e. The molecule has 2 atom stereocenters. The molecule has 1 fully saturated rings. The van der Waals surface area contributed by atoms with E-state index in [2.05, 4.69) is 15.3 Å². The fourth-order valence-electron chi connectivity index (χ4n) is 3.81. The molecule has 2 aromatic rings. The standard InChI is InChI=1S/C20H20ClFN4O4S/c1-19(2)18(23)26-20(10-30-9-16(20)31(19,28)29)13-7-12(4-5-14(13)22)25-17(27)15-6-3-11(21)8-24-15/h3-8,16H,9-10H2,1-2H3,(H2,23,26)(H,25,27)/t16-,20+/m1/s1. The van der Waals surface area contributed by atoms with E-state index in [1.165, 1.54) is 44.3 Å². The third-order valence-corrected chi connectivity index (χ3v) is 8.93. The van der Waals surface area contributed by atoms with Crippen LogP contribution in [-0.4, -0.2) is 48.4 Å². The number of rotatable bonds is 3. The normalized spacial score (nSPS) is 26.1. The second kappa shape index (κ2) is 7.25. The average Bonchev–Trinajstić information content (AvgIpc) is 3.14. The van der Waals surface area contributed by atoms with Crippen molar-refractivity contribution in [3.8, 4) is 0 Å². The van der Waals surface area contributed by atoms with Gasteiger partial charge in [-0.05, 0) is 44.2 Å². The Morgan fingerprint density at radius 3 is 2.74 bits per heavy atom. The minimum absolute atomic E-state index is 0.0149. The fraction of sp³-hybridized carbons (Fsp3) is 0.350. The van der Waals surface area contributed by atoms with Gasteiger partial charge in [0.25, 0.3) is 5.91 Å². The van der Waals surface area contributed by atoms with Crippen LogP contribution < -0.4 is 11.1 Å². The Kier molecular flexibility index (Phi) is 5.07. The molecule has 2 aliphatic heterocycles. The van der Waals surface area contributed by atoms with E-state index < -0.39 is 37.1 Å². The molecule has 0 aliphatic carbocycles. The van der Waals surface area contributed by atoms with E-state index in [4.69, 9.17) is 22.1 Å². The highest BCUT2D eigenvalue weighted by atomic mass is 35.5. The summed E-state index contributed by atoms with van der Waals surface area (Å²) in [5.41, 5.74) is 4.83. The van der Waals surface area contributed by atoms with Gasteiger partial charge in [-0.2, -0.15) is 0 Å². The van der Waals surface area contributed by atoms with Crippen LogP contribution in [0.4, 0.5) is 10.1 Å². The minimum atomic E-state index is -3.85. The number of fused-ring (bicyclic) bond motifs is 1. The highest BCUT2D eigenvalue weighted by Gasteiger charge is 2.62. The number of hydrogen-bond donors (Lipinski definition) is 2. The predicted octanol–water partition coefficient (Wildman–Crippen LogP) is 2.28. The Balaban J connectivity index is 1.77. The molecule has 4 rings (SSSR count). The zero-order valence-corrected chi connectivity index (χ0v) is 18.3. The van der Waals surface area contributed by atoms with Crippen LogP contribution in [0.1, 0.15) is 29.9 Å². The van der Waals surface area contributed by atoms with Crippen molar-refractivity contribution < 1.29 is 22.3 Å². The largest absolute Gasteiger partial charge is 0.386 e. The molecule has 2 aliphatic rings. The van der Waals surface area contributed by atoms with Crippen LogP contribution in [0.25, 0.3) is 0 Å². The SMILES string of the molecule is CC1(C)C(N)=N[C@]2(c3cc(NC(=O)c4ccc(Cl)cn4)ccc3F)COC[C@H]2S1(=O)=O. The Morgan fingerprint density at radius 1 is 1.32 bits per heavy atom. The van der Waals surface area contributed by atoms with Crippen molar-refractivity contribution in [3.05, 3.63) is 58.6 Å². The zero-order valence-electron chi connectivity index (χ0n) is 16.7. The first kappa shape index (κ1) is 21.7. The van der Waals surface area contributed by atoms with E-state index in [1.807, 2.05) is 0 Å². The third kappa shape index (κ3) is 3.29. The fourth-order valence-corrected chi connectivity index (χ4v) is 6.00. The summed E-state index contributed by atoms with van der Waals surface area (Å²) in [5, 5.41) is 1.90. The lowest BCUT2D eigenvalue weighted by atomic mass is 9.87. The Bertz CT molecular complexity index is 1200. The highest BCUT2D eigenvalue weighted by Crippen LogP contribution is 2.47. The molecule has 0 spiro atoms. The summed E-state index contributed by atoms with van der Waals surface area (Å²) in [5.74, 6) is -1.33. The van der Waals surface area contributed by atoms with Gasteiger partial charge < -0.3 is 15.8 Å². The first-order valence-electron chi connectivity index (χ1n) is 9.39. The molecule has 1 amide bonds. The van der Waals surface area contributed by atoms with Gasteiger partial charge in [0.15, 0.2) is 9.84 Å². The second-order valence-corrected chi connectivity index (χ2v) is 11.1. The van der Waals surface area contributed by atoms with Gasteiger partial charge in [-0.25, -0.2) is 17.8 Å². The topological polar surface area (TPSA) is 124 Å². The van der Waals surface area contributed by atoms with E-state index in [0.717, 1.165) is 6.07 Å². The van der Waals surface area contributed by atoms with E-state index in [1.54, 1.807) is 0 Å². The second-order valence-electron chi connectivity index (χ2n) is 7.99. The lowest BCUT2D eigenvalue weighted by molar-refractivity contribution is 0.102. The summed E-state index contributed by atoms with van der Waals surface area (Å²) in [7, 11) is -3.85. The number of ether oxygens (including phenoxy) is 1. The number of pyridine rings is 1. The van der Waals surface area contributed by atoms with Crippen molar-refractivity contribution in [2.75, 3.05) is 18.5 Å². The van der Waals surface area contributed by atoms with E-state index in [-0.39, 0.29) is 36.0 Å². The first-order chi connectivity index (χ1) is 14.5. The number of nitrogens with two attached hydrogens (primary N) is 1. The van der Waals surface area contributed by atoms with Gasteiger partial charge in [0.05, 0.1) is 18.2 Å². The molecule has 1 aromatic carbocycles. The molecule has 11 heteroatoms. The number of carbonyl (C=O) groups is 1. The first-order valence-corrected chi connectivity index (χ1v) is 11.3. The van der Waals surface area contributed by atoms with Crippen molar-refractivity contribution in [2.24, 2.45) is 10.7 Å². The molecule has 31 heavy (non-hydrogen) atoms. The minimum Gasteiger partial charge on any atom is -0.386 e. The maximum absolute atomic E-state index is 15.0. The number of benzene rings is 1. The molecular weight excluding hydrogens is 447 g/mol. The highest BCUT2D eigenvalue weighted by molar-refractivity contribution is 7.94. The number of hydrogen-bond acceptors (Lipinski definition) is 7. The monoisotopic (exact) mass is 466 g/mol. The van der Waals surface area contributed by atoms with Gasteiger partial charge in [0, 0.05) is 17.4 Å². The number of aliphatic imine (C=N–C) groups is 1. The molecule has 0 bridgehead atoms. The van der Waals surface area contributed by atoms with Crippen LogP contribution >= 0.6 is 11.6 Å². The summed E-state index contributed by atoms with van der Waals surface area (Å²) >= 11 is 5.79. The van der Waals surface area contributed by atoms with E-state index in [9.17, 15) is 17.6 Å². The van der Waals surface area contributed by atoms with Crippen LogP contribution in [0.3, 0.4) is 0 Å². The maximum atomic E-state index is 15.0. The molecule has 1 saturated heterocycles. The van der Waals surface area contributed by atoms with Crippen molar-refractivity contribution in [3.63, 3.8) is 0 Å². The number of sulfone groups is 1. The van der Waals surface area contributed by atoms with Gasteiger partial charge >= 0.3 is 0 Å². The number of halogens is 2. The molecule has 0 radical (unpaired) electrons. The molecule has 1 aromatic heterocycles. The number of nitrogens with zero attached hydrogens (tertiary/aromatic N) is 2. The Morgan fingerprint density at radius 2 is 2.06 bits per heavy atom. The molecule has 0 saturated carbocycles. The summed E-state index contributed by atoms with van der Waals surface area (Å²) < 4.78 is 45.5. The number of amides is 1. The molecular formula is C20H20ClFN4O4S. The number of amidine groups is 1. The van der Waals surface area contributed by atoms with Crippen LogP contribution in [0.2, 0.25) is 5.02 Å². The molecule has 164 valence electrons. The van der Waals surface area contributed by atoms with Crippen molar-refractivity contribution in [1.29, 1.82) is 0 Å². The molecule has 0 unspecified atom stereocenters. The summed E-state index contributed by atoms with van der Waals surface area (Å²) in [6.07, 6.45) is 1.33. The summed E-state index contributed by atoms with van der Waals surface area (Å²) in [6, 6.07) is 6.83. The van der Waals surface area contributed by atoms with Crippen LogP contribution in [0.15, 0.2) is 41.5 Å². The van der Waals surface area contributed by atoms with Crippen molar-refractivity contribution in [2.45, 2.75) is 29.4 Å². The molecule has 3 heterocycles. The number of aromatic nitrogens is 1. The predicted molar refractivity (Wildman–Crippen MR) is 115 cm³/mol. The Labute approximate surface area is 183 Å². The number of anilines is 1. The zero-order chi connectivity index (χ0) is 22.6. The van der Waals surface area contributed by atoms with Crippen molar-refractivity contribution >= 4 is 38.9 Å². The third-order valence-electron chi connectivity index (χ3n) is 5.80. The van der Waals surface area contributed by atoms with Gasteiger partial charge in [0.1, 0.15) is 32.9 Å². The van der Waals surface area contributed by atoms with Gasteiger partial charge in [-0.15, -0.1) is 0 Å². The average molecular weight is 467 g/mol. The Hall–Kier alpha value is -2.56. The quantitative estimate of drug-likeness (QED) is 0.715.